The number of benzene rings is 8. The van der Waals surface area contributed by atoms with Crippen LogP contribution in [0.25, 0.3) is 82.8 Å². The highest BCUT2D eigenvalue weighted by Crippen LogP contribution is 2.36. The Bertz CT molecular complexity index is 2680. The Labute approximate surface area is 283 Å². The monoisotopic (exact) mass is 624 g/mol. The maximum absolute atomic E-state index is 9.06. The highest BCUT2D eigenvalue weighted by Gasteiger charge is 2.12. The van der Waals surface area contributed by atoms with Gasteiger partial charge in [-0.15, -0.1) is 10.2 Å². The molecule has 0 aliphatic rings. The molecule has 49 heavy (non-hydrogen) atoms. The Kier molecular flexibility index (Phi) is 6.81. The van der Waals surface area contributed by atoms with E-state index in [0.29, 0.717) is 5.56 Å². The third-order valence-corrected chi connectivity index (χ3v) is 9.34. The fourth-order valence-electron chi connectivity index (χ4n) is 6.73. The molecule has 0 spiro atoms. The summed E-state index contributed by atoms with van der Waals surface area (Å²) in [6.45, 7) is 0. The smallest absolute Gasteiger partial charge is 0.114 e. The molecule has 0 aliphatic carbocycles. The van der Waals surface area contributed by atoms with Crippen LogP contribution in [0.2, 0.25) is 0 Å². The first kappa shape index (κ1) is 28.4. The van der Waals surface area contributed by atoms with Crippen LogP contribution in [0.3, 0.4) is 0 Å². The van der Waals surface area contributed by atoms with Gasteiger partial charge in [-0.2, -0.15) is 10.1 Å². The highest BCUT2D eigenvalue weighted by molar-refractivity contribution is 6.14. The van der Waals surface area contributed by atoms with E-state index in [-0.39, 0.29) is 0 Å². The molecule has 0 amide bonds. The predicted octanol–water partition coefficient (Wildman–Crippen LogP) is 11.3. The van der Waals surface area contributed by atoms with Crippen LogP contribution in [-0.2, 0) is 0 Å². The van der Waals surface area contributed by atoms with Crippen LogP contribution < -0.4 is 0 Å². The zero-order valence-electron chi connectivity index (χ0n) is 26.5. The summed E-state index contributed by atoms with van der Waals surface area (Å²) in [7, 11) is 0. The van der Waals surface area contributed by atoms with E-state index in [1.54, 1.807) is 4.80 Å². The second-order valence-electron chi connectivity index (χ2n) is 12.3. The summed E-state index contributed by atoms with van der Waals surface area (Å²) >= 11 is 0. The Morgan fingerprint density at radius 3 is 1.47 bits per heavy atom. The van der Waals surface area contributed by atoms with E-state index in [0.717, 1.165) is 55.7 Å². The maximum Gasteiger partial charge on any atom is 0.114 e. The van der Waals surface area contributed by atoms with Gasteiger partial charge in [0.15, 0.2) is 0 Å². The summed E-state index contributed by atoms with van der Waals surface area (Å²) in [6, 6.07) is 61.3. The number of hydrogen-bond acceptors (Lipinski definition) is 3. The van der Waals surface area contributed by atoms with Crippen molar-refractivity contribution in [2.24, 2.45) is 0 Å². The van der Waals surface area contributed by atoms with Gasteiger partial charge < -0.3 is 0 Å². The fraction of sp³-hybridized carbons (Fsp3) is 0. The number of rotatable bonds is 5. The van der Waals surface area contributed by atoms with Crippen LogP contribution >= 0.6 is 0 Å². The lowest BCUT2D eigenvalue weighted by atomic mass is 9.93. The average molecular weight is 625 g/mol. The van der Waals surface area contributed by atoms with Gasteiger partial charge in [-0.3, -0.25) is 0 Å². The van der Waals surface area contributed by atoms with Crippen molar-refractivity contribution in [1.82, 2.24) is 15.0 Å². The minimum absolute atomic E-state index is 0.669. The predicted molar refractivity (Wildman–Crippen MR) is 200 cm³/mol. The molecule has 9 rings (SSSR count). The number of fused-ring (bicyclic) bond motifs is 4. The Hall–Kier alpha value is -6.83. The summed E-state index contributed by atoms with van der Waals surface area (Å²) in [5, 5.41) is 23.7. The van der Waals surface area contributed by atoms with Crippen LogP contribution in [0.1, 0.15) is 5.56 Å². The lowest BCUT2D eigenvalue weighted by molar-refractivity contribution is 0.766. The lowest BCUT2D eigenvalue weighted by Crippen LogP contribution is -1.97. The molecule has 1 heterocycles. The molecule has 0 unspecified atom stereocenters. The van der Waals surface area contributed by atoms with E-state index in [4.69, 9.17) is 15.5 Å². The van der Waals surface area contributed by atoms with Gasteiger partial charge in [0.25, 0.3) is 0 Å². The van der Waals surface area contributed by atoms with E-state index in [2.05, 4.69) is 152 Å². The van der Waals surface area contributed by atoms with E-state index in [9.17, 15) is 0 Å². The molecule has 0 saturated carbocycles. The van der Waals surface area contributed by atoms with Gasteiger partial charge in [0.05, 0.1) is 17.3 Å². The standard InChI is InChI=1S/C45H28N4/c46-29-30-9-11-31(12-10-30)32-13-15-33(16-14-32)34-17-19-35(20-18-34)36-21-24-39(25-22-36)49-47-44-26-23-38(28-45(44)48-49)43-27-37-5-1-2-6-40(37)41-7-3-4-8-42(41)43/h1-28H. The molecule has 228 valence electrons. The fourth-order valence-corrected chi connectivity index (χ4v) is 6.73. The molecule has 0 N–H and O–H groups in total. The Morgan fingerprint density at radius 2 is 0.878 bits per heavy atom. The minimum atomic E-state index is 0.669. The quantitative estimate of drug-likeness (QED) is 0.179. The first-order chi connectivity index (χ1) is 24.2. The topological polar surface area (TPSA) is 54.5 Å². The average Bonchev–Trinajstić information content (AvgIpc) is 3.62. The third kappa shape index (κ3) is 5.20. The van der Waals surface area contributed by atoms with Crippen molar-refractivity contribution in [1.29, 1.82) is 5.26 Å². The van der Waals surface area contributed by atoms with E-state index < -0.39 is 0 Å². The summed E-state index contributed by atoms with van der Waals surface area (Å²) in [4.78, 5) is 1.72. The third-order valence-electron chi connectivity index (χ3n) is 9.34. The van der Waals surface area contributed by atoms with Crippen molar-refractivity contribution in [3.05, 3.63) is 175 Å². The number of nitriles is 1. The number of aromatic nitrogens is 3. The van der Waals surface area contributed by atoms with Crippen LogP contribution in [0.5, 0.6) is 0 Å². The second kappa shape index (κ2) is 11.8. The molecule has 0 radical (unpaired) electrons. The molecule has 0 aliphatic heterocycles. The van der Waals surface area contributed by atoms with Gasteiger partial charge in [-0.05, 0) is 109 Å². The van der Waals surface area contributed by atoms with Gasteiger partial charge in [-0.1, -0.05) is 127 Å². The van der Waals surface area contributed by atoms with Crippen molar-refractivity contribution in [2.75, 3.05) is 0 Å². The van der Waals surface area contributed by atoms with Crippen LogP contribution in [0.15, 0.2) is 170 Å². The summed E-state index contributed by atoms with van der Waals surface area (Å²) in [5.41, 5.74) is 12.5. The van der Waals surface area contributed by atoms with Crippen LogP contribution in [0.4, 0.5) is 0 Å². The van der Waals surface area contributed by atoms with Crippen LogP contribution in [0, 0.1) is 11.3 Å². The van der Waals surface area contributed by atoms with Crippen molar-refractivity contribution < 1.29 is 0 Å². The van der Waals surface area contributed by atoms with Crippen molar-refractivity contribution in [3.63, 3.8) is 0 Å². The molecular formula is C45H28N4. The highest BCUT2D eigenvalue weighted by atomic mass is 15.5. The molecule has 4 nitrogen and oxygen atoms in total. The number of nitrogens with zero attached hydrogens (tertiary/aromatic N) is 4. The van der Waals surface area contributed by atoms with Crippen molar-refractivity contribution >= 4 is 32.6 Å². The molecule has 0 saturated heterocycles. The van der Waals surface area contributed by atoms with Gasteiger partial charge in [0.2, 0.25) is 0 Å². The van der Waals surface area contributed by atoms with Gasteiger partial charge in [0, 0.05) is 0 Å². The largest absolute Gasteiger partial charge is 0.192 e. The van der Waals surface area contributed by atoms with E-state index >= 15 is 0 Å². The zero-order valence-corrected chi connectivity index (χ0v) is 26.5. The summed E-state index contributed by atoms with van der Waals surface area (Å²) in [6.07, 6.45) is 0. The Balaban J connectivity index is 0.957. The van der Waals surface area contributed by atoms with E-state index in [1.807, 2.05) is 24.3 Å². The van der Waals surface area contributed by atoms with Gasteiger partial charge >= 0.3 is 0 Å². The zero-order chi connectivity index (χ0) is 32.7. The van der Waals surface area contributed by atoms with Crippen molar-refractivity contribution in [2.45, 2.75) is 0 Å². The lowest BCUT2D eigenvalue weighted by Gasteiger charge is -2.10. The molecule has 8 aromatic carbocycles. The first-order valence-corrected chi connectivity index (χ1v) is 16.3. The minimum Gasteiger partial charge on any atom is -0.192 e. The molecule has 0 bridgehead atoms. The maximum atomic E-state index is 9.06. The molecule has 0 atom stereocenters. The first-order valence-electron chi connectivity index (χ1n) is 16.3. The molecule has 4 heteroatoms. The Morgan fingerprint density at radius 1 is 0.408 bits per heavy atom. The molecule has 0 fully saturated rings. The summed E-state index contributed by atoms with van der Waals surface area (Å²) < 4.78 is 0. The summed E-state index contributed by atoms with van der Waals surface area (Å²) in [5.74, 6) is 0. The van der Waals surface area contributed by atoms with E-state index in [1.165, 1.54) is 27.1 Å². The molecule has 1 aromatic heterocycles. The molecule has 9 aromatic rings. The second-order valence-corrected chi connectivity index (χ2v) is 12.3. The normalized spacial score (nSPS) is 11.2. The van der Waals surface area contributed by atoms with Gasteiger partial charge in [0.1, 0.15) is 11.0 Å². The van der Waals surface area contributed by atoms with Gasteiger partial charge in [-0.25, -0.2) is 0 Å². The SMILES string of the molecule is N#Cc1ccc(-c2ccc(-c3ccc(-c4ccc(-n5nc6ccc(-c7cc8ccccc8c8ccccc78)cc6n5)cc4)cc3)cc2)cc1. The number of hydrogen-bond donors (Lipinski definition) is 0. The van der Waals surface area contributed by atoms with Crippen molar-refractivity contribution in [3.8, 4) is 56.3 Å². The molecular weight excluding hydrogens is 597 g/mol. The van der Waals surface area contributed by atoms with Crippen LogP contribution in [-0.4, -0.2) is 15.0 Å².